The van der Waals surface area contributed by atoms with Crippen molar-refractivity contribution in [3.8, 4) is 5.75 Å². The number of nitrogen functional groups attached to an aromatic ring is 1. The van der Waals surface area contributed by atoms with Crippen molar-refractivity contribution in [2.45, 2.75) is 12.8 Å². The highest BCUT2D eigenvalue weighted by molar-refractivity contribution is 7.91. The summed E-state index contributed by atoms with van der Waals surface area (Å²) in [5.41, 5.74) is 6.23. The maximum absolute atomic E-state index is 12.0. The van der Waals surface area contributed by atoms with E-state index in [-0.39, 0.29) is 37.0 Å². The van der Waals surface area contributed by atoms with E-state index in [2.05, 4.69) is 0 Å². The lowest BCUT2D eigenvalue weighted by molar-refractivity contribution is -0.131. The molecule has 6 nitrogen and oxygen atoms in total. The molecule has 2 rings (SSSR count). The van der Waals surface area contributed by atoms with Crippen molar-refractivity contribution < 1.29 is 17.9 Å². The summed E-state index contributed by atoms with van der Waals surface area (Å²) in [5.74, 6) is 0.814. The third-order valence-corrected chi connectivity index (χ3v) is 5.09. The number of nitrogens with two attached hydrogens (primary N) is 1. The van der Waals surface area contributed by atoms with E-state index in [1.54, 1.807) is 29.2 Å². The minimum absolute atomic E-state index is 0.0531. The molecule has 1 fully saturated rings. The highest BCUT2D eigenvalue weighted by Crippen LogP contribution is 2.13. The highest BCUT2D eigenvalue weighted by Gasteiger charge is 2.22. The number of carbonyl (C=O) groups excluding carboxylic acids is 1. The van der Waals surface area contributed by atoms with Gasteiger partial charge < -0.3 is 15.4 Å². The van der Waals surface area contributed by atoms with Crippen LogP contribution < -0.4 is 10.5 Å². The number of rotatable bonds is 4. The smallest absolute Gasteiger partial charge is 0.226 e. The van der Waals surface area contributed by atoms with E-state index in [9.17, 15) is 13.2 Å². The second-order valence-corrected chi connectivity index (χ2v) is 7.36. The molecule has 1 aliphatic rings. The predicted molar refractivity (Wildman–Crippen MR) is 80.8 cm³/mol. The number of hydrogen-bond donors (Lipinski definition) is 1. The van der Waals surface area contributed by atoms with Gasteiger partial charge in [0.05, 0.1) is 24.5 Å². The summed E-state index contributed by atoms with van der Waals surface area (Å²) in [6.45, 7) is 1.05. The monoisotopic (exact) mass is 312 g/mol. The summed E-state index contributed by atoms with van der Waals surface area (Å²) in [6, 6.07) is 6.96. The molecule has 0 aromatic heterocycles. The van der Waals surface area contributed by atoms with Gasteiger partial charge >= 0.3 is 0 Å². The fourth-order valence-corrected chi connectivity index (χ4v) is 3.44. The molecule has 116 valence electrons. The Hall–Kier alpha value is -1.76. The molecule has 7 heteroatoms. The maximum atomic E-state index is 12.0. The zero-order valence-corrected chi connectivity index (χ0v) is 12.6. The minimum atomic E-state index is -2.99. The van der Waals surface area contributed by atoms with Crippen LogP contribution in [0.3, 0.4) is 0 Å². The standard InChI is InChI=1S/C14H20N2O4S/c15-12-2-4-13(5-3-12)20-9-6-14(17)16-7-1-10-21(18,19)11-8-16/h2-5H,1,6-11,15H2. The minimum Gasteiger partial charge on any atom is -0.493 e. The Balaban J connectivity index is 1.78. The first-order valence-electron chi connectivity index (χ1n) is 6.93. The van der Waals surface area contributed by atoms with Crippen LogP contribution in [0.25, 0.3) is 0 Å². The third-order valence-electron chi connectivity index (χ3n) is 3.37. The van der Waals surface area contributed by atoms with E-state index in [1.165, 1.54) is 0 Å². The van der Waals surface area contributed by atoms with Gasteiger partial charge in [-0.3, -0.25) is 4.79 Å². The van der Waals surface area contributed by atoms with Crippen molar-refractivity contribution >= 4 is 21.4 Å². The van der Waals surface area contributed by atoms with E-state index < -0.39 is 9.84 Å². The van der Waals surface area contributed by atoms with Crippen LogP contribution in [0.4, 0.5) is 5.69 Å². The van der Waals surface area contributed by atoms with Crippen LogP contribution in [0.5, 0.6) is 5.75 Å². The molecule has 0 spiro atoms. The molecule has 1 aliphatic heterocycles. The van der Waals surface area contributed by atoms with Crippen molar-refractivity contribution in [3.05, 3.63) is 24.3 Å². The van der Waals surface area contributed by atoms with Crippen molar-refractivity contribution in [2.75, 3.05) is 36.9 Å². The molecule has 0 radical (unpaired) electrons. The number of sulfone groups is 1. The SMILES string of the molecule is Nc1ccc(OCCC(=O)N2CCCS(=O)(=O)CC2)cc1. The summed E-state index contributed by atoms with van der Waals surface area (Å²) < 4.78 is 28.5. The first kappa shape index (κ1) is 15.6. The number of anilines is 1. The normalized spacial score (nSPS) is 18.0. The first-order valence-corrected chi connectivity index (χ1v) is 8.75. The van der Waals surface area contributed by atoms with Gasteiger partial charge in [-0.25, -0.2) is 8.42 Å². The molecule has 1 saturated heterocycles. The van der Waals surface area contributed by atoms with Crippen molar-refractivity contribution in [2.24, 2.45) is 0 Å². The van der Waals surface area contributed by atoms with Crippen molar-refractivity contribution in [1.82, 2.24) is 4.90 Å². The molecular formula is C14H20N2O4S. The number of nitrogens with zero attached hydrogens (tertiary/aromatic N) is 1. The van der Waals surface area contributed by atoms with Crippen molar-refractivity contribution in [3.63, 3.8) is 0 Å². The molecule has 0 saturated carbocycles. The fraction of sp³-hybridized carbons (Fsp3) is 0.500. The number of ether oxygens (including phenoxy) is 1. The summed E-state index contributed by atoms with van der Waals surface area (Å²) in [6.07, 6.45) is 0.747. The largest absolute Gasteiger partial charge is 0.493 e. The molecule has 21 heavy (non-hydrogen) atoms. The Morgan fingerprint density at radius 3 is 2.62 bits per heavy atom. The Bertz CT molecular complexity index is 583. The fourth-order valence-electron chi connectivity index (χ4n) is 2.17. The van der Waals surface area contributed by atoms with Gasteiger partial charge in [0.1, 0.15) is 5.75 Å². The second kappa shape index (κ2) is 6.80. The van der Waals surface area contributed by atoms with Crippen LogP contribution in [-0.2, 0) is 14.6 Å². The molecular weight excluding hydrogens is 292 g/mol. The molecule has 0 bridgehead atoms. The number of amides is 1. The third kappa shape index (κ3) is 4.93. The van der Waals surface area contributed by atoms with Crippen molar-refractivity contribution in [1.29, 1.82) is 0 Å². The van der Waals surface area contributed by atoms with Gasteiger partial charge in [0.2, 0.25) is 5.91 Å². The predicted octanol–water partition coefficient (Wildman–Crippen LogP) is 0.685. The van der Waals surface area contributed by atoms with Crippen LogP contribution in [0.2, 0.25) is 0 Å². The lowest BCUT2D eigenvalue weighted by Gasteiger charge is -2.19. The van der Waals surface area contributed by atoms with Crippen LogP contribution in [-0.4, -0.2) is 50.4 Å². The van der Waals surface area contributed by atoms with Gasteiger partial charge in [-0.1, -0.05) is 0 Å². The molecule has 0 unspecified atom stereocenters. The van der Waals surface area contributed by atoms with Gasteiger partial charge in [-0.05, 0) is 30.7 Å². The van der Waals surface area contributed by atoms with Gasteiger partial charge in [0, 0.05) is 18.8 Å². The van der Waals surface area contributed by atoms with Crippen LogP contribution in [0.1, 0.15) is 12.8 Å². The average molecular weight is 312 g/mol. The maximum Gasteiger partial charge on any atom is 0.226 e. The van der Waals surface area contributed by atoms with Gasteiger partial charge in [0.25, 0.3) is 0 Å². The van der Waals surface area contributed by atoms with E-state index >= 15 is 0 Å². The first-order chi connectivity index (χ1) is 9.96. The van der Waals surface area contributed by atoms with Crippen LogP contribution >= 0.6 is 0 Å². The molecule has 1 amide bonds. The topological polar surface area (TPSA) is 89.7 Å². The summed E-state index contributed by atoms with van der Waals surface area (Å²) in [4.78, 5) is 13.6. The molecule has 0 atom stereocenters. The molecule has 2 N–H and O–H groups in total. The second-order valence-electron chi connectivity index (χ2n) is 5.05. The lowest BCUT2D eigenvalue weighted by Crippen LogP contribution is -2.34. The van der Waals surface area contributed by atoms with Crippen LogP contribution in [0, 0.1) is 0 Å². The molecule has 1 heterocycles. The van der Waals surface area contributed by atoms with E-state index in [0.29, 0.717) is 24.4 Å². The van der Waals surface area contributed by atoms with Gasteiger partial charge in [-0.2, -0.15) is 0 Å². The average Bonchev–Trinajstić information content (AvgIpc) is 2.62. The number of benzene rings is 1. The quantitative estimate of drug-likeness (QED) is 0.826. The van der Waals surface area contributed by atoms with E-state index in [1.807, 2.05) is 0 Å². The number of carbonyl (C=O) groups is 1. The van der Waals surface area contributed by atoms with Gasteiger partial charge in [0.15, 0.2) is 9.84 Å². The lowest BCUT2D eigenvalue weighted by atomic mass is 10.3. The Kier molecular flexibility index (Phi) is 5.06. The summed E-state index contributed by atoms with van der Waals surface area (Å²) >= 11 is 0. The molecule has 0 aliphatic carbocycles. The molecule has 1 aromatic rings. The zero-order valence-electron chi connectivity index (χ0n) is 11.8. The Labute approximate surface area is 124 Å². The summed E-state index contributed by atoms with van der Waals surface area (Å²) in [5, 5.41) is 0. The summed E-state index contributed by atoms with van der Waals surface area (Å²) in [7, 11) is -2.99. The van der Waals surface area contributed by atoms with E-state index in [0.717, 1.165) is 0 Å². The van der Waals surface area contributed by atoms with E-state index in [4.69, 9.17) is 10.5 Å². The Morgan fingerprint density at radius 2 is 1.90 bits per heavy atom. The zero-order chi connectivity index (χ0) is 15.3. The molecule has 1 aromatic carbocycles. The van der Waals surface area contributed by atoms with Crippen LogP contribution in [0.15, 0.2) is 24.3 Å². The number of hydrogen-bond acceptors (Lipinski definition) is 5. The highest BCUT2D eigenvalue weighted by atomic mass is 32.2. The van der Waals surface area contributed by atoms with Gasteiger partial charge in [-0.15, -0.1) is 0 Å². The Morgan fingerprint density at radius 1 is 1.19 bits per heavy atom.